The Kier molecular flexibility index (Phi) is 10.7. The van der Waals surface area contributed by atoms with Crippen molar-refractivity contribution in [3.63, 3.8) is 0 Å². The molecule has 11 heteroatoms. The van der Waals surface area contributed by atoms with E-state index in [1.54, 1.807) is 23.1 Å². The number of ether oxygens (including phenoxy) is 2. The molecule has 2 amide bonds. The molecule has 0 spiro atoms. The van der Waals surface area contributed by atoms with E-state index in [9.17, 15) is 24.9 Å². The molecule has 2 bridgehead atoms. The summed E-state index contributed by atoms with van der Waals surface area (Å²) in [6.07, 6.45) is 5.30. The number of methoxy groups -OCH3 is 1. The van der Waals surface area contributed by atoms with Crippen LogP contribution in [0.1, 0.15) is 49.8 Å². The highest BCUT2D eigenvalue weighted by Crippen LogP contribution is 2.50. The first-order valence-electron chi connectivity index (χ1n) is 16.6. The predicted molar refractivity (Wildman–Crippen MR) is 186 cm³/mol. The molecule has 3 aliphatic carbocycles. The molecule has 2 saturated carbocycles. The number of H-pyrrole nitrogens is 1. The normalized spacial score (nSPS) is 25.1. The number of benzene rings is 2. The summed E-state index contributed by atoms with van der Waals surface area (Å²) in [5, 5.41) is 34.9. The molecule has 5 N–H and O–H groups in total. The number of aromatic nitrogens is 1. The first-order valence-corrected chi connectivity index (χ1v) is 17.6. The highest BCUT2D eigenvalue weighted by molar-refractivity contribution is 14.1. The lowest BCUT2D eigenvalue weighted by molar-refractivity contribution is -0.140. The van der Waals surface area contributed by atoms with Crippen LogP contribution in [0.25, 0.3) is 10.9 Å². The molecule has 0 aliphatic heterocycles. The molecule has 0 saturated heterocycles. The highest BCUT2D eigenvalue weighted by atomic mass is 127. The number of aliphatic hydroxyl groups is 3. The number of carbonyl (C=O) groups excluding carboxylic acids is 2. The first-order chi connectivity index (χ1) is 22.8. The Hall–Kier alpha value is -3.13. The average molecular weight is 758 g/mol. The second-order valence-corrected chi connectivity index (χ2v) is 14.3. The Labute approximate surface area is 288 Å². The van der Waals surface area contributed by atoms with Gasteiger partial charge in [0.15, 0.2) is 11.5 Å². The van der Waals surface area contributed by atoms with Gasteiger partial charge in [-0.15, -0.1) is 0 Å². The number of aromatic amines is 1. The van der Waals surface area contributed by atoms with E-state index in [2.05, 4.69) is 39.0 Å². The molecule has 0 radical (unpaired) electrons. The van der Waals surface area contributed by atoms with Crippen LogP contribution in [-0.4, -0.2) is 82.1 Å². The van der Waals surface area contributed by atoms with Gasteiger partial charge in [-0.3, -0.25) is 9.59 Å². The largest absolute Gasteiger partial charge is 0.493 e. The number of aliphatic hydroxyl groups excluding tert-OH is 3. The molecule has 10 nitrogen and oxygen atoms in total. The molecule has 1 aromatic heterocycles. The van der Waals surface area contributed by atoms with E-state index in [1.165, 1.54) is 26.4 Å². The van der Waals surface area contributed by atoms with Gasteiger partial charge in [0.05, 0.1) is 29.9 Å². The molecule has 6 unspecified atom stereocenters. The smallest absolute Gasteiger partial charge is 0.247 e. The Morgan fingerprint density at radius 1 is 1.13 bits per heavy atom. The van der Waals surface area contributed by atoms with Gasteiger partial charge in [0.1, 0.15) is 12.2 Å². The third-order valence-electron chi connectivity index (χ3n) is 10.2. The molecule has 252 valence electrons. The van der Waals surface area contributed by atoms with E-state index in [0.717, 1.165) is 23.0 Å². The fourth-order valence-electron chi connectivity index (χ4n) is 7.85. The van der Waals surface area contributed by atoms with Crippen molar-refractivity contribution in [2.45, 2.75) is 69.8 Å². The van der Waals surface area contributed by atoms with Gasteiger partial charge in [0.2, 0.25) is 11.8 Å². The maximum Gasteiger partial charge on any atom is 0.247 e. The minimum atomic E-state index is -1.14. The molecule has 2 aromatic carbocycles. The van der Waals surface area contributed by atoms with Crippen molar-refractivity contribution in [1.82, 2.24) is 15.2 Å². The van der Waals surface area contributed by atoms with Gasteiger partial charge in [-0.05, 0) is 101 Å². The van der Waals surface area contributed by atoms with Crippen molar-refractivity contribution < 1.29 is 34.4 Å². The van der Waals surface area contributed by atoms with Gasteiger partial charge in [-0.25, -0.2) is 0 Å². The van der Waals surface area contributed by atoms with E-state index in [-0.39, 0.29) is 38.0 Å². The maximum absolute atomic E-state index is 14.3. The maximum atomic E-state index is 14.3. The summed E-state index contributed by atoms with van der Waals surface area (Å²) in [6, 6.07) is 12.9. The van der Waals surface area contributed by atoms with Crippen LogP contribution in [0.15, 0.2) is 54.1 Å². The van der Waals surface area contributed by atoms with Crippen LogP contribution in [0.2, 0.25) is 0 Å². The van der Waals surface area contributed by atoms with Gasteiger partial charge >= 0.3 is 0 Å². The zero-order valence-corrected chi connectivity index (χ0v) is 28.8. The fraction of sp³-hybridized carbons (Fsp3) is 0.500. The van der Waals surface area contributed by atoms with Crippen molar-refractivity contribution in [3.8, 4) is 11.5 Å². The molecular weight excluding hydrogens is 713 g/mol. The van der Waals surface area contributed by atoms with Gasteiger partial charge in [0.25, 0.3) is 0 Å². The average Bonchev–Trinajstić information content (AvgIpc) is 3.81. The summed E-state index contributed by atoms with van der Waals surface area (Å²) in [6.45, 7) is 0.0528. The third-order valence-corrected chi connectivity index (χ3v) is 11.0. The number of hydrogen-bond acceptors (Lipinski definition) is 7. The lowest BCUT2D eigenvalue weighted by Crippen LogP contribution is -2.55. The molecule has 6 rings (SSSR count). The first kappa shape index (κ1) is 33.8. The van der Waals surface area contributed by atoms with Crippen molar-refractivity contribution in [1.29, 1.82) is 0 Å². The molecule has 3 aliphatic rings. The van der Waals surface area contributed by atoms with E-state index in [1.807, 2.05) is 24.3 Å². The molecule has 47 heavy (non-hydrogen) atoms. The van der Waals surface area contributed by atoms with Crippen LogP contribution in [-0.2, 0) is 22.6 Å². The molecule has 2 fully saturated rings. The number of halogens is 1. The number of fused-ring (bicyclic) bond motifs is 3. The number of nitrogens with one attached hydrogen (secondary N) is 2. The van der Waals surface area contributed by atoms with Crippen molar-refractivity contribution in [3.05, 3.63) is 68.9 Å². The Morgan fingerprint density at radius 2 is 1.96 bits per heavy atom. The Morgan fingerprint density at radius 3 is 2.66 bits per heavy atom. The zero-order valence-electron chi connectivity index (χ0n) is 26.7. The minimum Gasteiger partial charge on any atom is -0.493 e. The molecule has 3 aromatic rings. The van der Waals surface area contributed by atoms with Gasteiger partial charge in [-0.2, -0.15) is 0 Å². The van der Waals surface area contributed by atoms with Crippen molar-refractivity contribution in [2.24, 2.45) is 17.8 Å². The summed E-state index contributed by atoms with van der Waals surface area (Å²) in [5.41, 5.74) is 3.04. The Balaban J connectivity index is 1.31. The molecular formula is C36H44IN3O7. The number of rotatable bonds is 13. The number of para-hydroxylation sites is 1. The predicted octanol–water partition coefficient (Wildman–Crippen LogP) is 4.09. The van der Waals surface area contributed by atoms with Crippen LogP contribution < -0.4 is 14.8 Å². The van der Waals surface area contributed by atoms with E-state index in [4.69, 9.17) is 9.47 Å². The van der Waals surface area contributed by atoms with Crippen LogP contribution in [0.3, 0.4) is 0 Å². The monoisotopic (exact) mass is 757 g/mol. The van der Waals surface area contributed by atoms with Gasteiger partial charge in [0, 0.05) is 49.1 Å². The fourth-order valence-corrected chi connectivity index (χ4v) is 8.64. The third kappa shape index (κ3) is 7.48. The topological polar surface area (TPSA) is 144 Å². The van der Waals surface area contributed by atoms with E-state index < -0.39 is 18.2 Å². The summed E-state index contributed by atoms with van der Waals surface area (Å²) >= 11 is 2.10. The summed E-state index contributed by atoms with van der Waals surface area (Å²) < 4.78 is 12.7. The summed E-state index contributed by atoms with van der Waals surface area (Å²) in [7, 11) is 1.50. The second-order valence-electron chi connectivity index (χ2n) is 13.1. The van der Waals surface area contributed by atoms with Crippen LogP contribution in [0.4, 0.5) is 0 Å². The molecule has 6 atom stereocenters. The SMILES string of the molecule is COc1cc(CO)cc(I)c1OC1C=C(C(=O)NCCO)CC(N(CCc2cc3ccccc3[nH]2)C(=O)CC2CC3CCC2C3)C1O. The van der Waals surface area contributed by atoms with Crippen molar-refractivity contribution in [2.75, 3.05) is 26.8 Å². The van der Waals surface area contributed by atoms with Crippen LogP contribution in [0.5, 0.6) is 11.5 Å². The van der Waals surface area contributed by atoms with E-state index in [0.29, 0.717) is 63.3 Å². The zero-order chi connectivity index (χ0) is 33.1. The second kappa shape index (κ2) is 15.0. The number of carbonyl (C=O) groups is 2. The van der Waals surface area contributed by atoms with Crippen LogP contribution >= 0.6 is 22.6 Å². The molecule has 1 heterocycles. The highest BCUT2D eigenvalue weighted by Gasteiger charge is 2.44. The van der Waals surface area contributed by atoms with Gasteiger partial charge < -0.3 is 40.0 Å². The number of amides is 2. The summed E-state index contributed by atoms with van der Waals surface area (Å²) in [4.78, 5) is 32.9. The van der Waals surface area contributed by atoms with Crippen molar-refractivity contribution >= 4 is 45.3 Å². The quantitative estimate of drug-likeness (QED) is 0.165. The number of nitrogens with zero attached hydrogens (tertiary/aromatic N) is 1. The Bertz CT molecular complexity index is 1590. The lowest BCUT2D eigenvalue weighted by atomic mass is 9.84. The van der Waals surface area contributed by atoms with Gasteiger partial charge in [-0.1, -0.05) is 24.6 Å². The van der Waals surface area contributed by atoms with E-state index >= 15 is 0 Å². The summed E-state index contributed by atoms with van der Waals surface area (Å²) in [5.74, 6) is 1.98. The standard InChI is InChI=1S/C36H44IN3O7/c1-46-32-15-22(20-42)14-28(37)35(32)47-31-18-26(36(45)38-9-11-41)17-30(34(31)44)40(33(43)19-25-13-21-6-7-23(25)12-21)10-8-27-16-24-4-2-3-5-29(24)39-27/h2-5,14-16,18,21,23,25,30-31,34,39,41-42,44H,6-13,17,19-20H2,1H3,(H,38,45). The minimum absolute atomic E-state index is 0.0158. The number of hydrogen-bond donors (Lipinski definition) is 5. The van der Waals surface area contributed by atoms with Crippen LogP contribution in [0, 0.1) is 21.3 Å². The lowest BCUT2D eigenvalue weighted by Gasteiger charge is -2.41.